The van der Waals surface area contributed by atoms with Crippen molar-refractivity contribution in [1.29, 1.82) is 0 Å². The summed E-state index contributed by atoms with van der Waals surface area (Å²) in [5.41, 5.74) is 5.72. The molecule has 2 nitrogen and oxygen atoms in total. The number of aliphatic imine (C=N–C) groups is 1. The highest BCUT2D eigenvalue weighted by atomic mass is 19.2. The van der Waals surface area contributed by atoms with Crippen LogP contribution in [0, 0.1) is 11.6 Å². The lowest BCUT2D eigenvalue weighted by atomic mass is 10.1. The van der Waals surface area contributed by atoms with E-state index in [2.05, 4.69) is 4.99 Å². The molecule has 0 aliphatic carbocycles. The first kappa shape index (κ1) is 11.6. The van der Waals surface area contributed by atoms with E-state index in [1.54, 1.807) is 0 Å². The van der Waals surface area contributed by atoms with E-state index in [-0.39, 0.29) is 11.4 Å². The Morgan fingerprint density at radius 2 is 1.80 bits per heavy atom. The van der Waals surface area contributed by atoms with Gasteiger partial charge in [-0.15, -0.1) is 0 Å². The minimum Gasteiger partial charge on any atom is -0.383 e. The van der Waals surface area contributed by atoms with E-state index >= 15 is 0 Å². The van der Waals surface area contributed by atoms with E-state index < -0.39 is 11.6 Å². The molecule has 0 heterocycles. The van der Waals surface area contributed by atoms with Crippen molar-refractivity contribution in [2.75, 3.05) is 0 Å². The zero-order valence-electron chi connectivity index (χ0n) is 9.01. The normalized spacial score (nSPS) is 13.0. The highest BCUT2D eigenvalue weighted by Crippen LogP contribution is 2.11. The van der Waals surface area contributed by atoms with Crippen LogP contribution in [0.1, 0.15) is 26.3 Å². The molecule has 4 heteroatoms. The van der Waals surface area contributed by atoms with Crippen LogP contribution in [0.5, 0.6) is 0 Å². The summed E-state index contributed by atoms with van der Waals surface area (Å²) in [5, 5.41) is 0. The number of nitrogens with zero attached hydrogens (tertiary/aromatic N) is 1. The van der Waals surface area contributed by atoms with Gasteiger partial charge in [0, 0.05) is 5.56 Å². The van der Waals surface area contributed by atoms with Gasteiger partial charge in [0.2, 0.25) is 0 Å². The highest BCUT2D eigenvalue weighted by Gasteiger charge is 2.10. The van der Waals surface area contributed by atoms with Crippen molar-refractivity contribution < 1.29 is 8.78 Å². The van der Waals surface area contributed by atoms with Crippen LogP contribution >= 0.6 is 0 Å². The molecule has 1 aromatic rings. The van der Waals surface area contributed by atoms with Gasteiger partial charge in [-0.1, -0.05) is 0 Å². The first-order valence-corrected chi connectivity index (χ1v) is 4.60. The molecule has 15 heavy (non-hydrogen) atoms. The minimum atomic E-state index is -0.917. The first-order valence-electron chi connectivity index (χ1n) is 4.60. The summed E-state index contributed by atoms with van der Waals surface area (Å²) in [6.07, 6.45) is 0. The van der Waals surface area contributed by atoms with E-state index in [1.165, 1.54) is 6.07 Å². The number of rotatable bonds is 1. The molecule has 0 fully saturated rings. The molecule has 2 N–H and O–H groups in total. The largest absolute Gasteiger partial charge is 0.383 e. The quantitative estimate of drug-likeness (QED) is 0.563. The van der Waals surface area contributed by atoms with Crippen molar-refractivity contribution in [3.63, 3.8) is 0 Å². The van der Waals surface area contributed by atoms with Crippen LogP contribution in [0.15, 0.2) is 23.2 Å². The Balaban J connectivity index is 3.07. The molecule has 0 saturated heterocycles. The van der Waals surface area contributed by atoms with E-state index in [4.69, 9.17) is 5.73 Å². The third-order valence-electron chi connectivity index (χ3n) is 1.67. The first-order chi connectivity index (χ1) is 6.79. The molecule has 1 aromatic carbocycles. The summed E-state index contributed by atoms with van der Waals surface area (Å²) in [6, 6.07) is 3.48. The van der Waals surface area contributed by atoms with E-state index in [0.717, 1.165) is 12.1 Å². The minimum absolute atomic E-state index is 0.210. The van der Waals surface area contributed by atoms with E-state index in [0.29, 0.717) is 5.56 Å². The number of halogens is 2. The van der Waals surface area contributed by atoms with Gasteiger partial charge < -0.3 is 5.73 Å². The van der Waals surface area contributed by atoms with Gasteiger partial charge in [0.25, 0.3) is 0 Å². The summed E-state index contributed by atoms with van der Waals surface area (Å²) < 4.78 is 25.5. The van der Waals surface area contributed by atoms with Crippen molar-refractivity contribution in [2.45, 2.75) is 26.3 Å². The van der Waals surface area contributed by atoms with E-state index in [1.807, 2.05) is 20.8 Å². The Kier molecular flexibility index (Phi) is 3.07. The summed E-state index contributed by atoms with van der Waals surface area (Å²) in [5.74, 6) is -1.59. The summed E-state index contributed by atoms with van der Waals surface area (Å²) in [4.78, 5) is 4.16. The number of hydrogen-bond acceptors (Lipinski definition) is 1. The molecule has 0 unspecified atom stereocenters. The lowest BCUT2D eigenvalue weighted by Gasteiger charge is -2.13. The standard InChI is InChI=1S/C11H14F2N2/c1-11(2,3)15-10(14)7-4-5-8(12)9(13)6-7/h4-6H,1-3H3,(H2,14,15). The fraction of sp³-hybridized carbons (Fsp3) is 0.364. The van der Waals surface area contributed by atoms with Gasteiger partial charge in [0.15, 0.2) is 11.6 Å². The second-order valence-electron chi connectivity index (χ2n) is 4.30. The van der Waals surface area contributed by atoms with Gasteiger partial charge in [0.1, 0.15) is 5.84 Å². The second kappa shape index (κ2) is 3.96. The number of benzene rings is 1. The molecule has 0 atom stereocenters. The summed E-state index contributed by atoms with van der Waals surface area (Å²) >= 11 is 0. The lowest BCUT2D eigenvalue weighted by Crippen LogP contribution is -2.21. The topological polar surface area (TPSA) is 38.4 Å². The molecule has 0 amide bonds. The number of nitrogens with two attached hydrogens (primary N) is 1. The molecule has 0 spiro atoms. The van der Waals surface area contributed by atoms with Crippen LogP contribution in [0.3, 0.4) is 0 Å². The van der Waals surface area contributed by atoms with Gasteiger partial charge in [-0.2, -0.15) is 0 Å². The third-order valence-corrected chi connectivity index (χ3v) is 1.67. The van der Waals surface area contributed by atoms with Gasteiger partial charge >= 0.3 is 0 Å². The SMILES string of the molecule is CC(C)(C)N=C(N)c1ccc(F)c(F)c1. The monoisotopic (exact) mass is 212 g/mol. The average molecular weight is 212 g/mol. The van der Waals surface area contributed by atoms with Crippen LogP contribution in [0.4, 0.5) is 8.78 Å². The maximum Gasteiger partial charge on any atom is 0.159 e. The Bertz CT molecular complexity index is 392. The molecule has 0 saturated carbocycles. The zero-order valence-corrected chi connectivity index (χ0v) is 9.01. The van der Waals surface area contributed by atoms with Crippen molar-refractivity contribution >= 4 is 5.84 Å². The maximum absolute atomic E-state index is 12.9. The third kappa shape index (κ3) is 3.31. The highest BCUT2D eigenvalue weighted by molar-refractivity contribution is 5.97. The number of hydrogen-bond donors (Lipinski definition) is 1. The molecule has 0 radical (unpaired) electrons. The van der Waals surface area contributed by atoms with Gasteiger partial charge in [-0.25, -0.2) is 8.78 Å². The van der Waals surface area contributed by atoms with Crippen LogP contribution < -0.4 is 5.73 Å². The van der Waals surface area contributed by atoms with Crippen molar-refractivity contribution in [2.24, 2.45) is 10.7 Å². The predicted octanol–water partition coefficient (Wildman–Crippen LogP) is 2.47. The molecular formula is C11H14F2N2. The average Bonchev–Trinajstić information content (AvgIpc) is 2.06. The van der Waals surface area contributed by atoms with Crippen LogP contribution in [0.2, 0.25) is 0 Å². The Morgan fingerprint density at radius 3 is 2.27 bits per heavy atom. The van der Waals surface area contributed by atoms with Crippen molar-refractivity contribution in [3.8, 4) is 0 Å². The molecule has 82 valence electrons. The van der Waals surface area contributed by atoms with Crippen LogP contribution in [0.25, 0.3) is 0 Å². The second-order valence-corrected chi connectivity index (χ2v) is 4.30. The van der Waals surface area contributed by atoms with E-state index in [9.17, 15) is 8.78 Å². The Labute approximate surface area is 87.8 Å². The van der Waals surface area contributed by atoms with Crippen LogP contribution in [-0.4, -0.2) is 11.4 Å². The molecule has 1 rings (SSSR count). The summed E-state index contributed by atoms with van der Waals surface area (Å²) in [6.45, 7) is 5.62. The smallest absolute Gasteiger partial charge is 0.159 e. The Hall–Kier alpha value is -1.45. The number of amidine groups is 1. The molecule has 0 aromatic heterocycles. The summed E-state index contributed by atoms with van der Waals surface area (Å²) in [7, 11) is 0. The molecule has 0 aliphatic heterocycles. The van der Waals surface area contributed by atoms with Gasteiger partial charge in [-0.05, 0) is 39.0 Å². The van der Waals surface area contributed by atoms with Gasteiger partial charge in [-0.3, -0.25) is 4.99 Å². The fourth-order valence-electron chi connectivity index (χ4n) is 1.08. The molecule has 0 aliphatic rings. The molecule has 0 bridgehead atoms. The van der Waals surface area contributed by atoms with Gasteiger partial charge in [0.05, 0.1) is 5.54 Å². The Morgan fingerprint density at radius 1 is 1.20 bits per heavy atom. The maximum atomic E-state index is 12.9. The van der Waals surface area contributed by atoms with Crippen molar-refractivity contribution in [3.05, 3.63) is 35.4 Å². The van der Waals surface area contributed by atoms with Crippen molar-refractivity contribution in [1.82, 2.24) is 0 Å². The molecular weight excluding hydrogens is 198 g/mol. The lowest BCUT2D eigenvalue weighted by molar-refractivity contribution is 0.508. The zero-order chi connectivity index (χ0) is 11.6. The predicted molar refractivity (Wildman–Crippen MR) is 56.8 cm³/mol. The fourth-order valence-corrected chi connectivity index (χ4v) is 1.08. The van der Waals surface area contributed by atoms with Crippen LogP contribution in [-0.2, 0) is 0 Å².